The molecule has 2 rings (SSSR count). The van der Waals surface area contributed by atoms with Crippen molar-refractivity contribution < 1.29 is 0 Å². The van der Waals surface area contributed by atoms with Crippen molar-refractivity contribution in [2.45, 2.75) is 51.6 Å². The minimum atomic E-state index is 0.355. The first-order valence-electron chi connectivity index (χ1n) is 7.80. The van der Waals surface area contributed by atoms with Gasteiger partial charge < -0.3 is 15.5 Å². The molecule has 4 unspecified atom stereocenters. The van der Waals surface area contributed by atoms with Gasteiger partial charge in [0.05, 0.1) is 0 Å². The van der Waals surface area contributed by atoms with Crippen molar-refractivity contribution in [2.75, 3.05) is 33.2 Å². The Balaban J connectivity index is 1.83. The summed E-state index contributed by atoms with van der Waals surface area (Å²) in [7, 11) is 2.30. The Morgan fingerprint density at radius 3 is 2.78 bits per heavy atom. The van der Waals surface area contributed by atoms with Gasteiger partial charge in [-0.15, -0.1) is 0 Å². The molecule has 0 amide bonds. The Bertz CT molecular complexity index is 256. The van der Waals surface area contributed by atoms with Gasteiger partial charge in [0.1, 0.15) is 0 Å². The fourth-order valence-corrected chi connectivity index (χ4v) is 3.67. The summed E-state index contributed by atoms with van der Waals surface area (Å²) in [6.45, 7) is 9.45. The van der Waals surface area contributed by atoms with Gasteiger partial charge in [0.2, 0.25) is 0 Å². The number of fused-ring (bicyclic) bond motifs is 1. The van der Waals surface area contributed by atoms with Crippen molar-refractivity contribution >= 4 is 0 Å². The monoisotopic (exact) mass is 253 g/mol. The first-order valence-corrected chi connectivity index (χ1v) is 7.80. The molecule has 0 spiro atoms. The van der Waals surface area contributed by atoms with E-state index in [-0.39, 0.29) is 0 Å². The lowest BCUT2D eigenvalue weighted by Gasteiger charge is -2.46. The fraction of sp³-hybridized carbons (Fsp3) is 1.00. The van der Waals surface area contributed by atoms with Crippen LogP contribution in [-0.2, 0) is 0 Å². The molecule has 0 aromatic carbocycles. The maximum absolute atomic E-state index is 6.30. The lowest BCUT2D eigenvalue weighted by atomic mass is 9.84. The summed E-state index contributed by atoms with van der Waals surface area (Å²) in [5.41, 5.74) is 6.30. The summed E-state index contributed by atoms with van der Waals surface area (Å²) in [5.74, 6) is 1.54. The van der Waals surface area contributed by atoms with Crippen LogP contribution in [0.4, 0.5) is 0 Å². The standard InChI is InChI=1S/C15H31N3/c1-4-12(2)14(16)11-18-9-7-15-13(10-18)6-5-8-17(15)3/h12-15H,4-11,16H2,1-3H3. The first kappa shape index (κ1) is 14.3. The van der Waals surface area contributed by atoms with Crippen molar-refractivity contribution in [1.82, 2.24) is 9.80 Å². The third-order valence-corrected chi connectivity index (χ3v) is 5.27. The molecule has 18 heavy (non-hydrogen) atoms. The van der Waals surface area contributed by atoms with Crippen molar-refractivity contribution in [3.8, 4) is 0 Å². The van der Waals surface area contributed by atoms with E-state index in [1.54, 1.807) is 0 Å². The van der Waals surface area contributed by atoms with Gasteiger partial charge in [-0.25, -0.2) is 0 Å². The highest BCUT2D eigenvalue weighted by molar-refractivity contribution is 4.90. The number of likely N-dealkylation sites (tertiary alicyclic amines) is 2. The Morgan fingerprint density at radius 2 is 2.06 bits per heavy atom. The lowest BCUT2D eigenvalue weighted by molar-refractivity contribution is 0.0343. The number of hydrogen-bond donors (Lipinski definition) is 1. The second-order valence-electron chi connectivity index (χ2n) is 6.55. The van der Waals surface area contributed by atoms with Crippen LogP contribution < -0.4 is 5.73 Å². The second-order valence-corrected chi connectivity index (χ2v) is 6.55. The van der Waals surface area contributed by atoms with E-state index in [1.807, 2.05) is 0 Å². The van der Waals surface area contributed by atoms with Gasteiger partial charge in [-0.05, 0) is 51.2 Å². The van der Waals surface area contributed by atoms with Gasteiger partial charge in [0, 0.05) is 25.2 Å². The maximum atomic E-state index is 6.30. The van der Waals surface area contributed by atoms with E-state index >= 15 is 0 Å². The molecule has 0 aromatic rings. The van der Waals surface area contributed by atoms with Gasteiger partial charge in [0.15, 0.2) is 0 Å². The number of piperidine rings is 2. The van der Waals surface area contributed by atoms with E-state index in [2.05, 4.69) is 30.7 Å². The van der Waals surface area contributed by atoms with Crippen LogP contribution in [0.5, 0.6) is 0 Å². The Kier molecular flexibility index (Phi) is 5.05. The van der Waals surface area contributed by atoms with Crippen molar-refractivity contribution in [3.63, 3.8) is 0 Å². The predicted octanol–water partition coefficient (Wildman–Crippen LogP) is 1.78. The van der Waals surface area contributed by atoms with Crippen LogP contribution in [-0.4, -0.2) is 55.1 Å². The molecule has 0 aromatic heterocycles. The summed E-state index contributed by atoms with van der Waals surface area (Å²) < 4.78 is 0. The maximum Gasteiger partial charge on any atom is 0.0193 e. The van der Waals surface area contributed by atoms with Crippen LogP contribution >= 0.6 is 0 Å². The molecule has 0 radical (unpaired) electrons. The summed E-state index contributed by atoms with van der Waals surface area (Å²) >= 11 is 0. The molecule has 2 aliphatic rings. The fourth-order valence-electron chi connectivity index (χ4n) is 3.67. The quantitative estimate of drug-likeness (QED) is 0.829. The van der Waals surface area contributed by atoms with Crippen LogP contribution in [0.15, 0.2) is 0 Å². The third-order valence-electron chi connectivity index (χ3n) is 5.27. The van der Waals surface area contributed by atoms with Crippen LogP contribution in [0.2, 0.25) is 0 Å². The summed E-state index contributed by atoms with van der Waals surface area (Å²) in [4.78, 5) is 5.21. The molecule has 2 saturated heterocycles. The van der Waals surface area contributed by atoms with Gasteiger partial charge in [-0.2, -0.15) is 0 Å². The SMILES string of the molecule is CCC(C)C(N)CN1CCC2C(CCCN2C)C1. The minimum Gasteiger partial charge on any atom is -0.326 e. The topological polar surface area (TPSA) is 32.5 Å². The molecule has 0 saturated carbocycles. The smallest absolute Gasteiger partial charge is 0.0193 e. The average Bonchev–Trinajstić information content (AvgIpc) is 2.38. The molecule has 3 nitrogen and oxygen atoms in total. The highest BCUT2D eigenvalue weighted by atomic mass is 15.2. The van der Waals surface area contributed by atoms with Crippen LogP contribution in [0.25, 0.3) is 0 Å². The molecule has 4 atom stereocenters. The zero-order chi connectivity index (χ0) is 13.1. The summed E-state index contributed by atoms with van der Waals surface area (Å²) in [5, 5.41) is 0. The minimum absolute atomic E-state index is 0.355. The van der Waals surface area contributed by atoms with E-state index < -0.39 is 0 Å². The van der Waals surface area contributed by atoms with Gasteiger partial charge in [0.25, 0.3) is 0 Å². The number of nitrogens with zero attached hydrogens (tertiary/aromatic N) is 2. The molecule has 3 heteroatoms. The molecule has 106 valence electrons. The first-order chi connectivity index (χ1) is 8.61. The molecular formula is C15H31N3. The number of rotatable bonds is 4. The largest absolute Gasteiger partial charge is 0.326 e. The molecule has 2 N–H and O–H groups in total. The van der Waals surface area contributed by atoms with E-state index in [0.717, 1.165) is 18.5 Å². The van der Waals surface area contributed by atoms with Gasteiger partial charge in [-0.1, -0.05) is 20.3 Å². The Hall–Kier alpha value is -0.120. The summed E-state index contributed by atoms with van der Waals surface area (Å²) in [6.07, 6.45) is 5.34. The van der Waals surface area contributed by atoms with Crippen molar-refractivity contribution in [2.24, 2.45) is 17.6 Å². The number of hydrogen-bond acceptors (Lipinski definition) is 3. The predicted molar refractivity (Wildman–Crippen MR) is 77.6 cm³/mol. The van der Waals surface area contributed by atoms with E-state index in [9.17, 15) is 0 Å². The van der Waals surface area contributed by atoms with Crippen LogP contribution in [0, 0.1) is 11.8 Å². The second kappa shape index (κ2) is 6.36. The highest BCUT2D eigenvalue weighted by Gasteiger charge is 2.34. The molecule has 2 heterocycles. The molecular weight excluding hydrogens is 222 g/mol. The molecule has 0 bridgehead atoms. The number of nitrogens with two attached hydrogens (primary N) is 1. The Morgan fingerprint density at radius 1 is 1.28 bits per heavy atom. The van der Waals surface area contributed by atoms with E-state index in [4.69, 9.17) is 5.73 Å². The van der Waals surface area contributed by atoms with Gasteiger partial charge in [-0.3, -0.25) is 0 Å². The third kappa shape index (κ3) is 3.25. The van der Waals surface area contributed by atoms with E-state index in [1.165, 1.54) is 45.3 Å². The van der Waals surface area contributed by atoms with Crippen LogP contribution in [0.3, 0.4) is 0 Å². The summed E-state index contributed by atoms with van der Waals surface area (Å²) in [6, 6.07) is 1.20. The highest BCUT2D eigenvalue weighted by Crippen LogP contribution is 2.29. The van der Waals surface area contributed by atoms with E-state index in [0.29, 0.717) is 12.0 Å². The molecule has 2 fully saturated rings. The van der Waals surface area contributed by atoms with Crippen LogP contribution in [0.1, 0.15) is 39.5 Å². The zero-order valence-electron chi connectivity index (χ0n) is 12.4. The Labute approximate surface area is 113 Å². The zero-order valence-corrected chi connectivity index (χ0v) is 12.4. The average molecular weight is 253 g/mol. The normalized spacial score (nSPS) is 34.0. The van der Waals surface area contributed by atoms with Crippen molar-refractivity contribution in [3.05, 3.63) is 0 Å². The van der Waals surface area contributed by atoms with Crippen molar-refractivity contribution in [1.29, 1.82) is 0 Å². The molecule has 0 aliphatic carbocycles. The molecule has 2 aliphatic heterocycles. The van der Waals surface area contributed by atoms with Gasteiger partial charge >= 0.3 is 0 Å². The lowest BCUT2D eigenvalue weighted by Crippen LogP contribution is -2.54.